The van der Waals surface area contributed by atoms with Gasteiger partial charge in [0, 0.05) is 38.9 Å². The van der Waals surface area contributed by atoms with Gasteiger partial charge in [-0.05, 0) is 37.1 Å². The van der Waals surface area contributed by atoms with Crippen LogP contribution < -0.4 is 4.74 Å². The summed E-state index contributed by atoms with van der Waals surface area (Å²) >= 11 is 0. The Labute approximate surface area is 170 Å². The number of amides is 1. The number of benzene rings is 1. The summed E-state index contributed by atoms with van der Waals surface area (Å²) in [4.78, 5) is 21.0. The van der Waals surface area contributed by atoms with Crippen LogP contribution in [0.5, 0.6) is 5.75 Å². The van der Waals surface area contributed by atoms with Crippen LogP contribution in [0.2, 0.25) is 0 Å². The number of carbonyl (C=O) groups excluding carboxylic acids is 1. The summed E-state index contributed by atoms with van der Waals surface area (Å²) in [7, 11) is 2.01. The molecule has 1 aromatic carbocycles. The molecule has 7 nitrogen and oxygen atoms in total. The number of imidazole rings is 1. The predicted molar refractivity (Wildman–Crippen MR) is 105 cm³/mol. The van der Waals surface area contributed by atoms with Gasteiger partial charge in [-0.25, -0.2) is 9.37 Å². The van der Waals surface area contributed by atoms with Crippen LogP contribution in [0.15, 0.2) is 36.8 Å². The zero-order valence-corrected chi connectivity index (χ0v) is 16.7. The summed E-state index contributed by atoms with van der Waals surface area (Å²) in [6.45, 7) is 3.76. The average molecular weight is 402 g/mol. The van der Waals surface area contributed by atoms with Crippen LogP contribution in [-0.2, 0) is 23.1 Å². The number of nitrogens with zero attached hydrogens (tertiary/aromatic N) is 4. The SMILES string of the molecule is Cn1cncc1CN1CCC(N2CC(COc3ccc(F)cc3)OCC2=O)CC1. The molecule has 1 unspecified atom stereocenters. The van der Waals surface area contributed by atoms with Crippen LogP contribution in [-0.4, -0.2) is 70.3 Å². The predicted octanol–water partition coefficient (Wildman–Crippen LogP) is 1.83. The van der Waals surface area contributed by atoms with Crippen molar-refractivity contribution in [2.75, 3.05) is 32.8 Å². The summed E-state index contributed by atoms with van der Waals surface area (Å²) in [6, 6.07) is 6.17. The van der Waals surface area contributed by atoms with Crippen molar-refractivity contribution in [2.24, 2.45) is 7.05 Å². The van der Waals surface area contributed by atoms with Crippen molar-refractivity contribution in [1.82, 2.24) is 19.4 Å². The molecule has 29 heavy (non-hydrogen) atoms. The highest BCUT2D eigenvalue weighted by Crippen LogP contribution is 2.22. The molecule has 0 spiro atoms. The number of aryl methyl sites for hydroxylation is 1. The van der Waals surface area contributed by atoms with Crippen LogP contribution in [0.1, 0.15) is 18.5 Å². The maximum atomic E-state index is 13.0. The second-order valence-electron chi connectivity index (χ2n) is 7.75. The third-order valence-electron chi connectivity index (χ3n) is 5.71. The molecule has 2 fully saturated rings. The van der Waals surface area contributed by atoms with Crippen LogP contribution in [0.25, 0.3) is 0 Å². The van der Waals surface area contributed by atoms with Gasteiger partial charge in [-0.1, -0.05) is 0 Å². The van der Waals surface area contributed by atoms with E-state index in [2.05, 4.69) is 9.88 Å². The normalized spacial score (nSPS) is 21.5. The monoisotopic (exact) mass is 402 g/mol. The van der Waals surface area contributed by atoms with Crippen LogP contribution in [0.4, 0.5) is 4.39 Å². The maximum Gasteiger partial charge on any atom is 0.248 e. The van der Waals surface area contributed by atoms with Crippen molar-refractivity contribution in [3.63, 3.8) is 0 Å². The van der Waals surface area contributed by atoms with Crippen molar-refractivity contribution in [1.29, 1.82) is 0 Å². The van der Waals surface area contributed by atoms with Crippen molar-refractivity contribution in [3.05, 3.63) is 48.3 Å². The molecule has 0 bridgehead atoms. The fourth-order valence-corrected chi connectivity index (χ4v) is 3.97. The molecule has 2 saturated heterocycles. The molecule has 0 radical (unpaired) electrons. The molecular formula is C21H27FN4O3. The molecule has 4 rings (SSSR count). The molecule has 2 aliphatic heterocycles. The highest BCUT2D eigenvalue weighted by atomic mass is 19.1. The van der Waals surface area contributed by atoms with E-state index in [0.717, 1.165) is 32.5 Å². The number of morpholine rings is 1. The highest BCUT2D eigenvalue weighted by molar-refractivity contribution is 5.78. The first kappa shape index (κ1) is 19.8. The lowest BCUT2D eigenvalue weighted by molar-refractivity contribution is -0.155. The van der Waals surface area contributed by atoms with E-state index >= 15 is 0 Å². The third kappa shape index (κ3) is 4.94. The lowest BCUT2D eigenvalue weighted by Gasteiger charge is -2.42. The first-order valence-corrected chi connectivity index (χ1v) is 10.1. The minimum atomic E-state index is -0.294. The van der Waals surface area contributed by atoms with E-state index < -0.39 is 0 Å². The fraction of sp³-hybridized carbons (Fsp3) is 0.524. The van der Waals surface area contributed by atoms with E-state index in [4.69, 9.17) is 9.47 Å². The number of hydrogen-bond donors (Lipinski definition) is 0. The van der Waals surface area contributed by atoms with Crippen molar-refractivity contribution >= 4 is 5.91 Å². The number of halogens is 1. The van der Waals surface area contributed by atoms with E-state index in [1.807, 2.05) is 29.0 Å². The number of hydrogen-bond acceptors (Lipinski definition) is 5. The van der Waals surface area contributed by atoms with Crippen molar-refractivity contribution in [3.8, 4) is 5.75 Å². The van der Waals surface area contributed by atoms with Gasteiger partial charge in [-0.2, -0.15) is 0 Å². The Morgan fingerprint density at radius 1 is 1.24 bits per heavy atom. The van der Waals surface area contributed by atoms with Gasteiger partial charge in [-0.15, -0.1) is 0 Å². The first-order chi connectivity index (χ1) is 14.1. The van der Waals surface area contributed by atoms with E-state index in [9.17, 15) is 9.18 Å². The van der Waals surface area contributed by atoms with Gasteiger partial charge in [0.25, 0.3) is 0 Å². The number of ether oxygens (including phenoxy) is 2. The Morgan fingerprint density at radius 2 is 2.00 bits per heavy atom. The summed E-state index contributed by atoms with van der Waals surface area (Å²) < 4.78 is 26.4. The Kier molecular flexibility index (Phi) is 6.10. The van der Waals surface area contributed by atoms with E-state index in [1.54, 1.807) is 12.1 Å². The van der Waals surface area contributed by atoms with Crippen LogP contribution in [0.3, 0.4) is 0 Å². The third-order valence-corrected chi connectivity index (χ3v) is 5.71. The van der Waals surface area contributed by atoms with Gasteiger partial charge in [0.05, 0.1) is 18.6 Å². The molecular weight excluding hydrogens is 375 g/mol. The van der Waals surface area contributed by atoms with Crippen molar-refractivity contribution in [2.45, 2.75) is 31.5 Å². The molecule has 0 N–H and O–H groups in total. The van der Waals surface area contributed by atoms with Gasteiger partial charge in [0.1, 0.15) is 30.9 Å². The fourth-order valence-electron chi connectivity index (χ4n) is 3.97. The smallest absolute Gasteiger partial charge is 0.248 e. The molecule has 1 atom stereocenters. The Balaban J connectivity index is 1.27. The Bertz CT molecular complexity index is 818. The molecule has 156 valence electrons. The number of rotatable bonds is 6. The maximum absolute atomic E-state index is 13.0. The second kappa shape index (κ2) is 8.92. The number of piperidine rings is 1. The first-order valence-electron chi connectivity index (χ1n) is 10.1. The molecule has 2 aliphatic rings. The highest BCUT2D eigenvalue weighted by Gasteiger charge is 2.33. The minimum Gasteiger partial charge on any atom is -0.491 e. The summed E-state index contributed by atoms with van der Waals surface area (Å²) in [6.07, 6.45) is 5.46. The van der Waals surface area contributed by atoms with Crippen LogP contribution >= 0.6 is 0 Å². The van der Waals surface area contributed by atoms with E-state index in [0.29, 0.717) is 18.9 Å². The molecule has 0 saturated carbocycles. The topological polar surface area (TPSA) is 59.8 Å². The standard InChI is InChI=1S/C21H27FN4O3/c1-24-15-23-10-18(24)11-25-8-6-17(7-9-25)26-12-20(29-14-21(26)27)13-28-19-4-2-16(22)3-5-19/h2-5,10,15,17,20H,6-9,11-14H2,1H3. The zero-order valence-electron chi connectivity index (χ0n) is 16.7. The molecule has 8 heteroatoms. The van der Waals surface area contributed by atoms with Gasteiger partial charge in [0.15, 0.2) is 0 Å². The molecule has 3 heterocycles. The van der Waals surface area contributed by atoms with Gasteiger partial charge in [-0.3, -0.25) is 9.69 Å². The van der Waals surface area contributed by atoms with Gasteiger partial charge < -0.3 is 18.9 Å². The van der Waals surface area contributed by atoms with Crippen LogP contribution in [0, 0.1) is 5.82 Å². The molecule has 1 amide bonds. The summed E-state index contributed by atoms with van der Waals surface area (Å²) in [5.74, 6) is 0.354. The quantitative estimate of drug-likeness (QED) is 0.738. The number of carbonyl (C=O) groups is 1. The van der Waals surface area contributed by atoms with Gasteiger partial charge in [0.2, 0.25) is 5.91 Å². The second-order valence-corrected chi connectivity index (χ2v) is 7.75. The molecule has 2 aromatic rings. The van der Waals surface area contributed by atoms with E-state index in [-0.39, 0.29) is 30.5 Å². The zero-order chi connectivity index (χ0) is 20.2. The molecule has 0 aliphatic carbocycles. The van der Waals surface area contributed by atoms with Gasteiger partial charge >= 0.3 is 0 Å². The number of likely N-dealkylation sites (tertiary alicyclic amines) is 1. The number of aromatic nitrogens is 2. The average Bonchev–Trinajstić information content (AvgIpc) is 3.14. The van der Waals surface area contributed by atoms with E-state index in [1.165, 1.54) is 17.8 Å². The lowest BCUT2D eigenvalue weighted by atomic mass is 10.0. The molecule has 1 aromatic heterocycles. The lowest BCUT2D eigenvalue weighted by Crippen LogP contribution is -2.55. The Hall–Kier alpha value is -2.45. The van der Waals surface area contributed by atoms with Crippen molar-refractivity contribution < 1.29 is 18.7 Å². The summed E-state index contributed by atoms with van der Waals surface area (Å²) in [5.41, 5.74) is 1.20. The summed E-state index contributed by atoms with van der Waals surface area (Å²) in [5, 5.41) is 0. The largest absolute Gasteiger partial charge is 0.491 e. The Morgan fingerprint density at radius 3 is 2.69 bits per heavy atom. The minimum absolute atomic E-state index is 0.0492.